The lowest BCUT2D eigenvalue weighted by atomic mass is 9.95. The zero-order chi connectivity index (χ0) is 17.4. The summed E-state index contributed by atoms with van der Waals surface area (Å²) < 4.78 is 2.41. The molecule has 3 aromatic rings. The zero-order valence-electron chi connectivity index (χ0n) is 14.0. The second kappa shape index (κ2) is 6.91. The summed E-state index contributed by atoms with van der Waals surface area (Å²) in [5.41, 5.74) is 12.1. The molecule has 0 unspecified atom stereocenters. The first-order valence-corrected chi connectivity index (χ1v) is 9.49. The van der Waals surface area contributed by atoms with E-state index in [0.29, 0.717) is 16.6 Å². The summed E-state index contributed by atoms with van der Waals surface area (Å²) in [6.45, 7) is 1.52. The molecule has 0 atom stereocenters. The predicted octanol–water partition coefficient (Wildman–Crippen LogP) is 5.53. The summed E-state index contributed by atoms with van der Waals surface area (Å²) in [4.78, 5) is 0. The molecule has 0 saturated carbocycles. The Labute approximate surface area is 157 Å². The molecule has 1 aliphatic rings. The molecule has 0 bridgehead atoms. The van der Waals surface area contributed by atoms with E-state index in [-0.39, 0.29) is 0 Å². The van der Waals surface area contributed by atoms with E-state index in [4.69, 9.17) is 28.9 Å². The van der Waals surface area contributed by atoms with Crippen molar-refractivity contribution in [3.05, 3.63) is 57.7 Å². The van der Waals surface area contributed by atoms with Gasteiger partial charge >= 0.3 is 0 Å². The number of fused-ring (bicyclic) bond motifs is 3. The molecule has 1 heterocycles. The Hall–Kier alpha value is -1.68. The summed E-state index contributed by atoms with van der Waals surface area (Å²) in [6.07, 6.45) is 4.86. The second-order valence-electron chi connectivity index (χ2n) is 6.56. The molecule has 0 aliphatic heterocycles. The topological polar surface area (TPSA) is 43.0 Å². The normalized spacial score (nSPS) is 13.9. The number of rotatable bonds is 4. The van der Waals surface area contributed by atoms with Crippen LogP contribution in [0.25, 0.3) is 10.9 Å². The molecule has 130 valence electrons. The van der Waals surface area contributed by atoms with Crippen molar-refractivity contribution >= 4 is 45.5 Å². The fraction of sp³-hybridized carbons (Fsp3) is 0.300. The van der Waals surface area contributed by atoms with Crippen LogP contribution in [0.15, 0.2) is 36.4 Å². The number of nitrogens with one attached hydrogen (secondary N) is 1. The highest BCUT2D eigenvalue weighted by atomic mass is 35.5. The monoisotopic (exact) mass is 373 g/mol. The van der Waals surface area contributed by atoms with Crippen LogP contribution >= 0.6 is 23.2 Å². The van der Waals surface area contributed by atoms with E-state index in [1.807, 2.05) is 12.1 Å². The summed E-state index contributed by atoms with van der Waals surface area (Å²) in [6, 6.07) is 12.2. The van der Waals surface area contributed by atoms with Gasteiger partial charge in [-0.2, -0.15) is 0 Å². The second-order valence-corrected chi connectivity index (χ2v) is 7.37. The molecule has 4 rings (SSSR count). The number of nitrogens with zero attached hydrogens (tertiary/aromatic N) is 1. The maximum atomic E-state index is 6.12. The number of aromatic nitrogens is 1. The van der Waals surface area contributed by atoms with Gasteiger partial charge in [0, 0.05) is 35.5 Å². The first-order valence-electron chi connectivity index (χ1n) is 8.73. The largest absolute Gasteiger partial charge is 0.355 e. The lowest BCUT2D eigenvalue weighted by molar-refractivity contribution is 0.617. The van der Waals surface area contributed by atoms with E-state index in [1.54, 1.807) is 6.07 Å². The highest BCUT2D eigenvalue weighted by Crippen LogP contribution is 2.34. The van der Waals surface area contributed by atoms with Crippen LogP contribution in [0, 0.1) is 0 Å². The Morgan fingerprint density at radius 3 is 2.52 bits per heavy atom. The van der Waals surface area contributed by atoms with Gasteiger partial charge in [0.25, 0.3) is 0 Å². The molecule has 25 heavy (non-hydrogen) atoms. The number of anilines is 2. The maximum Gasteiger partial charge on any atom is 0.0612 e. The highest BCUT2D eigenvalue weighted by molar-refractivity contribution is 6.42. The molecule has 0 radical (unpaired) electrons. The molecule has 2 aromatic carbocycles. The highest BCUT2D eigenvalue weighted by Gasteiger charge is 2.19. The third-order valence-electron chi connectivity index (χ3n) is 4.94. The SMILES string of the molecule is NCCn1c2c(c3ccc(Nc4ccc(Cl)c(Cl)c4)cc31)CCCC2. The van der Waals surface area contributed by atoms with Crippen molar-refractivity contribution in [2.75, 3.05) is 11.9 Å². The minimum Gasteiger partial charge on any atom is -0.355 e. The van der Waals surface area contributed by atoms with E-state index in [1.165, 1.54) is 41.4 Å². The first-order chi connectivity index (χ1) is 12.2. The van der Waals surface area contributed by atoms with Crippen molar-refractivity contribution in [1.29, 1.82) is 0 Å². The van der Waals surface area contributed by atoms with Crippen LogP contribution in [0.5, 0.6) is 0 Å². The number of nitrogens with two attached hydrogens (primary N) is 1. The molecule has 3 N–H and O–H groups in total. The molecule has 0 saturated heterocycles. The molecule has 1 aromatic heterocycles. The molecule has 0 spiro atoms. The van der Waals surface area contributed by atoms with E-state index < -0.39 is 0 Å². The van der Waals surface area contributed by atoms with Crippen LogP contribution in [0.4, 0.5) is 11.4 Å². The van der Waals surface area contributed by atoms with Crippen molar-refractivity contribution in [2.24, 2.45) is 5.73 Å². The minimum absolute atomic E-state index is 0.551. The van der Waals surface area contributed by atoms with Gasteiger partial charge < -0.3 is 15.6 Å². The Balaban J connectivity index is 1.76. The summed E-state index contributed by atoms with van der Waals surface area (Å²) in [7, 11) is 0. The smallest absolute Gasteiger partial charge is 0.0612 e. The van der Waals surface area contributed by atoms with Gasteiger partial charge in [-0.15, -0.1) is 0 Å². The van der Waals surface area contributed by atoms with Gasteiger partial charge in [-0.05, 0) is 61.6 Å². The maximum absolute atomic E-state index is 6.12. The Morgan fingerprint density at radius 2 is 1.72 bits per heavy atom. The van der Waals surface area contributed by atoms with Gasteiger partial charge in [-0.3, -0.25) is 0 Å². The molecular weight excluding hydrogens is 353 g/mol. The molecule has 3 nitrogen and oxygen atoms in total. The summed E-state index contributed by atoms with van der Waals surface area (Å²) in [5.74, 6) is 0. The summed E-state index contributed by atoms with van der Waals surface area (Å²) >= 11 is 12.1. The van der Waals surface area contributed by atoms with Gasteiger partial charge in [0.1, 0.15) is 0 Å². The van der Waals surface area contributed by atoms with E-state index in [9.17, 15) is 0 Å². The number of halogens is 2. The van der Waals surface area contributed by atoms with Gasteiger partial charge in [0.2, 0.25) is 0 Å². The van der Waals surface area contributed by atoms with Crippen LogP contribution in [0.2, 0.25) is 10.0 Å². The number of hydrogen-bond donors (Lipinski definition) is 2. The molecular formula is C20H21Cl2N3. The van der Waals surface area contributed by atoms with Gasteiger partial charge in [0.05, 0.1) is 15.6 Å². The molecule has 0 amide bonds. The van der Waals surface area contributed by atoms with E-state index >= 15 is 0 Å². The van der Waals surface area contributed by atoms with E-state index in [2.05, 4.69) is 28.1 Å². The third-order valence-corrected chi connectivity index (χ3v) is 5.68. The summed E-state index contributed by atoms with van der Waals surface area (Å²) in [5, 5.41) is 5.90. The lowest BCUT2D eigenvalue weighted by Crippen LogP contribution is -2.14. The molecule has 5 heteroatoms. The number of hydrogen-bond acceptors (Lipinski definition) is 2. The number of aryl methyl sites for hydroxylation is 1. The van der Waals surface area contributed by atoms with Crippen molar-refractivity contribution < 1.29 is 0 Å². The van der Waals surface area contributed by atoms with Crippen molar-refractivity contribution in [1.82, 2.24) is 4.57 Å². The first kappa shape index (κ1) is 16.8. The standard InChI is InChI=1S/C20H21Cl2N3/c21-17-8-6-13(11-18(17)22)24-14-5-7-16-15-3-1-2-4-19(15)25(10-9-23)20(16)12-14/h5-8,11-12,24H,1-4,9-10,23H2. The van der Waals surface area contributed by atoms with Crippen molar-refractivity contribution in [2.45, 2.75) is 32.2 Å². The van der Waals surface area contributed by atoms with Crippen LogP contribution < -0.4 is 11.1 Å². The fourth-order valence-electron chi connectivity index (χ4n) is 3.84. The van der Waals surface area contributed by atoms with Crippen molar-refractivity contribution in [3.63, 3.8) is 0 Å². The van der Waals surface area contributed by atoms with Gasteiger partial charge in [-0.1, -0.05) is 29.3 Å². The Morgan fingerprint density at radius 1 is 0.960 bits per heavy atom. The Kier molecular flexibility index (Phi) is 4.63. The average Bonchev–Trinajstić information content (AvgIpc) is 2.92. The van der Waals surface area contributed by atoms with Gasteiger partial charge in [-0.25, -0.2) is 0 Å². The fourth-order valence-corrected chi connectivity index (χ4v) is 4.13. The zero-order valence-corrected chi connectivity index (χ0v) is 15.5. The van der Waals surface area contributed by atoms with Crippen LogP contribution in [0.1, 0.15) is 24.1 Å². The quantitative estimate of drug-likeness (QED) is 0.631. The number of benzene rings is 2. The molecule has 1 aliphatic carbocycles. The van der Waals surface area contributed by atoms with Crippen LogP contribution in [0.3, 0.4) is 0 Å². The van der Waals surface area contributed by atoms with Crippen LogP contribution in [-0.4, -0.2) is 11.1 Å². The van der Waals surface area contributed by atoms with E-state index in [0.717, 1.165) is 24.3 Å². The third kappa shape index (κ3) is 3.12. The predicted molar refractivity (Wildman–Crippen MR) is 107 cm³/mol. The van der Waals surface area contributed by atoms with Crippen molar-refractivity contribution in [3.8, 4) is 0 Å². The lowest BCUT2D eigenvalue weighted by Gasteiger charge is -2.15. The van der Waals surface area contributed by atoms with Crippen LogP contribution in [-0.2, 0) is 19.4 Å². The van der Waals surface area contributed by atoms with Gasteiger partial charge in [0.15, 0.2) is 0 Å². The average molecular weight is 374 g/mol. The molecule has 0 fully saturated rings. The Bertz CT molecular complexity index is 930. The minimum atomic E-state index is 0.551.